The molecule has 1 heterocycles. The second-order valence-corrected chi connectivity index (χ2v) is 4.33. The average molecular weight is 272 g/mol. The van der Waals surface area contributed by atoms with Crippen LogP contribution >= 0.6 is 11.6 Å². The number of esters is 1. The van der Waals surface area contributed by atoms with Crippen molar-refractivity contribution < 1.29 is 9.53 Å². The highest BCUT2D eigenvalue weighted by Gasteiger charge is 2.10. The lowest BCUT2D eigenvalue weighted by molar-refractivity contribution is -0.141. The van der Waals surface area contributed by atoms with E-state index >= 15 is 0 Å². The average Bonchev–Trinajstić information content (AvgIpc) is 2.32. The lowest BCUT2D eigenvalue weighted by Gasteiger charge is -2.18. The van der Waals surface area contributed by atoms with Crippen molar-refractivity contribution >= 4 is 17.6 Å². The van der Waals surface area contributed by atoms with Gasteiger partial charge in [0, 0.05) is 12.2 Å². The Morgan fingerprint density at radius 2 is 2.22 bits per heavy atom. The fraction of sp³-hybridized carbons (Fsp3) is 0.583. The van der Waals surface area contributed by atoms with Gasteiger partial charge in [0.25, 0.3) is 0 Å². The summed E-state index contributed by atoms with van der Waals surface area (Å²) < 4.78 is 4.62. The first-order valence-electron chi connectivity index (χ1n) is 5.84. The maximum Gasteiger partial charge on any atom is 0.306 e. The van der Waals surface area contributed by atoms with Crippen LogP contribution in [0.25, 0.3) is 0 Å². The van der Waals surface area contributed by atoms with E-state index in [1.165, 1.54) is 7.11 Å². The SMILES string of the molecule is CCN(CCC(=O)OC)Cc1nc(C)cc(Cl)n1. The van der Waals surface area contributed by atoms with Crippen LogP contribution in [-0.4, -0.2) is 41.0 Å². The van der Waals surface area contributed by atoms with E-state index in [9.17, 15) is 4.79 Å². The summed E-state index contributed by atoms with van der Waals surface area (Å²) in [6.45, 7) is 5.91. The number of hydrogen-bond donors (Lipinski definition) is 0. The van der Waals surface area contributed by atoms with Gasteiger partial charge in [-0.3, -0.25) is 9.69 Å². The van der Waals surface area contributed by atoms with Gasteiger partial charge in [0.2, 0.25) is 0 Å². The molecule has 0 radical (unpaired) electrons. The molecule has 0 saturated carbocycles. The van der Waals surface area contributed by atoms with Crippen LogP contribution < -0.4 is 0 Å². The Balaban J connectivity index is 2.59. The predicted octanol–water partition coefficient (Wildman–Crippen LogP) is 1.82. The Bertz CT molecular complexity index is 392. The van der Waals surface area contributed by atoms with Gasteiger partial charge in [-0.2, -0.15) is 0 Å². The Hall–Kier alpha value is -1.20. The van der Waals surface area contributed by atoms with Crippen molar-refractivity contribution in [1.82, 2.24) is 14.9 Å². The quantitative estimate of drug-likeness (QED) is 0.584. The lowest BCUT2D eigenvalue weighted by atomic mass is 10.3. The van der Waals surface area contributed by atoms with Crippen molar-refractivity contribution in [2.75, 3.05) is 20.2 Å². The number of methoxy groups -OCH3 is 1. The van der Waals surface area contributed by atoms with Gasteiger partial charge in [0.05, 0.1) is 20.1 Å². The fourth-order valence-electron chi connectivity index (χ4n) is 1.56. The molecule has 0 aliphatic heterocycles. The van der Waals surface area contributed by atoms with Gasteiger partial charge in [0.1, 0.15) is 11.0 Å². The molecule has 1 aromatic rings. The summed E-state index contributed by atoms with van der Waals surface area (Å²) in [6, 6.07) is 1.72. The van der Waals surface area contributed by atoms with Crippen molar-refractivity contribution in [3.63, 3.8) is 0 Å². The van der Waals surface area contributed by atoms with Gasteiger partial charge in [-0.05, 0) is 19.5 Å². The molecule has 0 unspecified atom stereocenters. The summed E-state index contributed by atoms with van der Waals surface area (Å²) in [5.74, 6) is 0.461. The van der Waals surface area contributed by atoms with Gasteiger partial charge < -0.3 is 4.74 Å². The number of ether oxygens (including phenoxy) is 1. The molecular weight excluding hydrogens is 254 g/mol. The van der Waals surface area contributed by atoms with E-state index in [0.717, 1.165) is 12.2 Å². The van der Waals surface area contributed by atoms with E-state index in [-0.39, 0.29) is 5.97 Å². The molecule has 6 heteroatoms. The summed E-state index contributed by atoms with van der Waals surface area (Å²) in [5, 5.41) is 0.446. The zero-order valence-corrected chi connectivity index (χ0v) is 11.7. The maximum absolute atomic E-state index is 11.1. The summed E-state index contributed by atoms with van der Waals surface area (Å²) >= 11 is 5.88. The molecule has 0 aromatic carbocycles. The van der Waals surface area contributed by atoms with Crippen molar-refractivity contribution in [2.24, 2.45) is 0 Å². The number of aromatic nitrogens is 2. The summed E-state index contributed by atoms with van der Waals surface area (Å²) in [7, 11) is 1.39. The van der Waals surface area contributed by atoms with Crippen molar-refractivity contribution in [3.8, 4) is 0 Å². The van der Waals surface area contributed by atoms with Gasteiger partial charge >= 0.3 is 5.97 Å². The normalized spacial score (nSPS) is 10.7. The van der Waals surface area contributed by atoms with Gasteiger partial charge in [-0.15, -0.1) is 0 Å². The van der Waals surface area contributed by atoms with E-state index in [2.05, 4.69) is 19.6 Å². The summed E-state index contributed by atoms with van der Waals surface area (Å²) in [4.78, 5) is 21.6. The third-order valence-electron chi connectivity index (χ3n) is 2.54. The van der Waals surface area contributed by atoms with E-state index in [1.54, 1.807) is 6.07 Å². The lowest BCUT2D eigenvalue weighted by Crippen LogP contribution is -2.27. The topological polar surface area (TPSA) is 55.3 Å². The number of rotatable bonds is 6. The molecule has 0 amide bonds. The number of carbonyl (C=O) groups is 1. The van der Waals surface area contributed by atoms with Gasteiger partial charge in [-0.1, -0.05) is 18.5 Å². The number of hydrogen-bond acceptors (Lipinski definition) is 5. The Morgan fingerprint density at radius 3 is 2.78 bits per heavy atom. The minimum atomic E-state index is -0.211. The molecule has 5 nitrogen and oxygen atoms in total. The third kappa shape index (κ3) is 4.98. The first kappa shape index (κ1) is 14.9. The molecule has 0 spiro atoms. The Morgan fingerprint density at radius 1 is 1.50 bits per heavy atom. The zero-order chi connectivity index (χ0) is 13.5. The monoisotopic (exact) mass is 271 g/mol. The Kier molecular flexibility index (Phi) is 6.01. The van der Waals surface area contributed by atoms with Crippen LogP contribution in [-0.2, 0) is 16.1 Å². The molecule has 0 fully saturated rings. The summed E-state index contributed by atoms with van der Waals surface area (Å²) in [5.41, 5.74) is 0.842. The van der Waals surface area contributed by atoms with Crippen LogP contribution in [0.4, 0.5) is 0 Å². The third-order valence-corrected chi connectivity index (χ3v) is 2.73. The molecule has 0 aliphatic rings. The van der Waals surface area contributed by atoms with Crippen LogP contribution in [0.5, 0.6) is 0 Å². The first-order chi connectivity index (χ1) is 8.55. The van der Waals surface area contributed by atoms with Crippen LogP contribution in [0.15, 0.2) is 6.07 Å². The fourth-order valence-corrected chi connectivity index (χ4v) is 1.82. The zero-order valence-electron chi connectivity index (χ0n) is 10.9. The van der Waals surface area contributed by atoms with Gasteiger partial charge in [0.15, 0.2) is 0 Å². The predicted molar refractivity (Wildman–Crippen MR) is 69.4 cm³/mol. The molecule has 0 aliphatic carbocycles. The standard InChI is InChI=1S/C12H18ClN3O2/c1-4-16(6-5-12(17)18-3)8-11-14-9(2)7-10(13)15-11/h7H,4-6,8H2,1-3H3. The number of aryl methyl sites for hydroxylation is 1. The molecule has 100 valence electrons. The Labute approximate surface area is 112 Å². The molecule has 18 heavy (non-hydrogen) atoms. The number of nitrogens with zero attached hydrogens (tertiary/aromatic N) is 3. The van der Waals surface area contributed by atoms with E-state index in [0.29, 0.717) is 30.5 Å². The molecule has 0 atom stereocenters. The van der Waals surface area contributed by atoms with E-state index in [1.807, 2.05) is 13.8 Å². The van der Waals surface area contributed by atoms with Crippen molar-refractivity contribution in [1.29, 1.82) is 0 Å². The highest BCUT2D eigenvalue weighted by Crippen LogP contribution is 2.08. The number of carbonyl (C=O) groups excluding carboxylic acids is 1. The highest BCUT2D eigenvalue weighted by atomic mass is 35.5. The molecule has 0 bridgehead atoms. The number of halogens is 1. The molecule has 0 saturated heterocycles. The van der Waals surface area contributed by atoms with Crippen LogP contribution in [0.2, 0.25) is 5.15 Å². The molecular formula is C12H18ClN3O2. The second-order valence-electron chi connectivity index (χ2n) is 3.94. The smallest absolute Gasteiger partial charge is 0.306 e. The van der Waals surface area contributed by atoms with Crippen molar-refractivity contribution in [2.45, 2.75) is 26.8 Å². The van der Waals surface area contributed by atoms with Crippen LogP contribution in [0.3, 0.4) is 0 Å². The van der Waals surface area contributed by atoms with E-state index in [4.69, 9.17) is 11.6 Å². The molecule has 0 N–H and O–H groups in total. The minimum absolute atomic E-state index is 0.211. The van der Waals surface area contributed by atoms with Gasteiger partial charge in [-0.25, -0.2) is 9.97 Å². The maximum atomic E-state index is 11.1. The molecule has 1 aromatic heterocycles. The first-order valence-corrected chi connectivity index (χ1v) is 6.22. The second kappa shape index (κ2) is 7.28. The molecule has 1 rings (SSSR count). The highest BCUT2D eigenvalue weighted by molar-refractivity contribution is 6.29. The van der Waals surface area contributed by atoms with Crippen LogP contribution in [0.1, 0.15) is 24.9 Å². The van der Waals surface area contributed by atoms with E-state index < -0.39 is 0 Å². The largest absolute Gasteiger partial charge is 0.469 e. The minimum Gasteiger partial charge on any atom is -0.469 e. The van der Waals surface area contributed by atoms with Crippen molar-refractivity contribution in [3.05, 3.63) is 22.7 Å². The van der Waals surface area contributed by atoms with Crippen LogP contribution in [0, 0.1) is 6.92 Å². The summed E-state index contributed by atoms with van der Waals surface area (Å²) in [6.07, 6.45) is 0.365.